The van der Waals surface area contributed by atoms with Crippen molar-refractivity contribution in [2.24, 2.45) is 5.92 Å². The van der Waals surface area contributed by atoms with E-state index in [9.17, 15) is 0 Å². The molecule has 4 heterocycles. The van der Waals surface area contributed by atoms with E-state index in [4.69, 9.17) is 4.74 Å². The van der Waals surface area contributed by atoms with Crippen molar-refractivity contribution in [3.8, 4) is 5.75 Å². The summed E-state index contributed by atoms with van der Waals surface area (Å²) in [5.74, 6) is 1.47. The number of fused-ring (bicyclic) bond motifs is 1. The van der Waals surface area contributed by atoms with Crippen molar-refractivity contribution in [2.45, 2.75) is 6.42 Å². The number of anilines is 1. The Morgan fingerprint density at radius 2 is 2.09 bits per heavy atom. The van der Waals surface area contributed by atoms with Gasteiger partial charge in [0, 0.05) is 37.6 Å². The Morgan fingerprint density at radius 1 is 1.18 bits per heavy atom. The van der Waals surface area contributed by atoms with E-state index in [0.717, 1.165) is 31.0 Å². The molecule has 1 atom stereocenters. The lowest BCUT2D eigenvalue weighted by molar-refractivity contribution is 0.261. The minimum absolute atomic E-state index is 0.566. The molecule has 22 heavy (non-hydrogen) atoms. The van der Waals surface area contributed by atoms with Crippen LogP contribution in [0.2, 0.25) is 0 Å². The molecule has 0 aliphatic carbocycles. The lowest BCUT2D eigenvalue weighted by Crippen LogP contribution is -2.21. The molecule has 0 bridgehead atoms. The molecule has 3 aromatic rings. The van der Waals surface area contributed by atoms with Gasteiger partial charge in [0.15, 0.2) is 0 Å². The second kappa shape index (κ2) is 5.93. The van der Waals surface area contributed by atoms with Gasteiger partial charge in [0.25, 0.3) is 0 Å². The van der Waals surface area contributed by atoms with Gasteiger partial charge >= 0.3 is 0 Å². The van der Waals surface area contributed by atoms with Crippen molar-refractivity contribution in [1.82, 2.24) is 9.97 Å². The van der Waals surface area contributed by atoms with E-state index in [-0.39, 0.29) is 0 Å². The maximum absolute atomic E-state index is 5.87. The number of pyridine rings is 2. The zero-order valence-corrected chi connectivity index (χ0v) is 13.0. The highest BCUT2D eigenvalue weighted by Crippen LogP contribution is 2.33. The van der Waals surface area contributed by atoms with Crippen LogP contribution in [0.5, 0.6) is 5.75 Å². The smallest absolute Gasteiger partial charge is 0.122 e. The molecule has 1 aliphatic heterocycles. The number of hydrogen-bond acceptors (Lipinski definition) is 5. The predicted octanol–water partition coefficient (Wildman–Crippen LogP) is 3.60. The highest BCUT2D eigenvalue weighted by Gasteiger charge is 2.24. The van der Waals surface area contributed by atoms with Crippen LogP contribution in [-0.2, 0) is 0 Å². The van der Waals surface area contributed by atoms with Gasteiger partial charge < -0.3 is 9.64 Å². The molecule has 4 rings (SSSR count). The standard InChI is InChI=1S/C17H17N3OS/c1-6-18-7-2-14(1)21-12-13-4-9-20(11-13)16-3-8-19-15-5-10-22-17(15)16/h1-3,5-8,10,13H,4,9,11-12H2. The number of ether oxygens (including phenoxy) is 1. The van der Waals surface area contributed by atoms with E-state index < -0.39 is 0 Å². The van der Waals surface area contributed by atoms with Crippen molar-refractivity contribution in [1.29, 1.82) is 0 Å². The van der Waals surface area contributed by atoms with E-state index in [1.807, 2.05) is 18.3 Å². The number of thiophene rings is 1. The molecule has 1 fully saturated rings. The van der Waals surface area contributed by atoms with Gasteiger partial charge in [-0.25, -0.2) is 0 Å². The number of hydrogen-bond donors (Lipinski definition) is 0. The van der Waals surface area contributed by atoms with Crippen LogP contribution >= 0.6 is 11.3 Å². The number of nitrogens with zero attached hydrogens (tertiary/aromatic N) is 3. The quantitative estimate of drug-likeness (QED) is 0.738. The van der Waals surface area contributed by atoms with E-state index >= 15 is 0 Å². The molecule has 4 nitrogen and oxygen atoms in total. The Balaban J connectivity index is 1.43. The van der Waals surface area contributed by atoms with Gasteiger partial charge in [-0.2, -0.15) is 0 Å². The molecular weight excluding hydrogens is 294 g/mol. The first-order chi connectivity index (χ1) is 10.9. The van der Waals surface area contributed by atoms with Crippen molar-refractivity contribution < 1.29 is 4.74 Å². The largest absolute Gasteiger partial charge is 0.493 e. The average Bonchev–Trinajstić information content (AvgIpc) is 3.22. The molecule has 0 amide bonds. The lowest BCUT2D eigenvalue weighted by atomic mass is 10.1. The molecule has 1 aliphatic rings. The third-order valence-electron chi connectivity index (χ3n) is 4.09. The molecule has 0 saturated carbocycles. The van der Waals surface area contributed by atoms with E-state index in [2.05, 4.69) is 32.4 Å². The first-order valence-corrected chi connectivity index (χ1v) is 8.38. The fraction of sp³-hybridized carbons (Fsp3) is 0.294. The van der Waals surface area contributed by atoms with Crippen LogP contribution in [0.15, 0.2) is 48.2 Å². The van der Waals surface area contributed by atoms with Crippen LogP contribution in [-0.4, -0.2) is 29.7 Å². The van der Waals surface area contributed by atoms with Gasteiger partial charge in [-0.05, 0) is 36.1 Å². The third kappa shape index (κ3) is 2.64. The summed E-state index contributed by atoms with van der Waals surface area (Å²) < 4.78 is 7.16. The molecule has 0 N–H and O–H groups in total. The van der Waals surface area contributed by atoms with Crippen LogP contribution in [0, 0.1) is 5.92 Å². The molecule has 0 spiro atoms. The van der Waals surface area contributed by atoms with Crippen LogP contribution in [0.3, 0.4) is 0 Å². The predicted molar refractivity (Wildman–Crippen MR) is 89.7 cm³/mol. The minimum Gasteiger partial charge on any atom is -0.493 e. The molecule has 112 valence electrons. The van der Waals surface area contributed by atoms with Gasteiger partial charge in [0.1, 0.15) is 5.75 Å². The van der Waals surface area contributed by atoms with E-state index in [1.165, 1.54) is 16.8 Å². The Bertz CT molecular complexity index is 759. The van der Waals surface area contributed by atoms with Gasteiger partial charge in [0.05, 0.1) is 22.5 Å². The zero-order chi connectivity index (χ0) is 14.8. The van der Waals surface area contributed by atoms with E-state index in [1.54, 1.807) is 23.7 Å². The van der Waals surface area contributed by atoms with Crippen LogP contribution in [0.1, 0.15) is 6.42 Å². The summed E-state index contributed by atoms with van der Waals surface area (Å²) in [6.07, 6.45) is 6.60. The van der Waals surface area contributed by atoms with Gasteiger partial charge in [0.2, 0.25) is 0 Å². The van der Waals surface area contributed by atoms with Crippen LogP contribution in [0.25, 0.3) is 10.2 Å². The lowest BCUT2D eigenvalue weighted by Gasteiger charge is -2.19. The molecular formula is C17H17N3OS. The van der Waals surface area contributed by atoms with Crippen molar-refractivity contribution in [3.63, 3.8) is 0 Å². The van der Waals surface area contributed by atoms with Crippen LogP contribution in [0.4, 0.5) is 5.69 Å². The number of aromatic nitrogens is 2. The van der Waals surface area contributed by atoms with Crippen molar-refractivity contribution >= 4 is 27.2 Å². The third-order valence-corrected chi connectivity index (χ3v) is 5.01. The Hall–Kier alpha value is -2.14. The second-order valence-corrected chi connectivity index (χ2v) is 6.48. The average molecular weight is 311 g/mol. The molecule has 1 unspecified atom stereocenters. The van der Waals surface area contributed by atoms with Crippen LogP contribution < -0.4 is 9.64 Å². The maximum atomic E-state index is 5.87. The molecule has 0 radical (unpaired) electrons. The van der Waals surface area contributed by atoms with Gasteiger partial charge in [-0.1, -0.05) is 0 Å². The summed E-state index contributed by atoms with van der Waals surface area (Å²) in [6, 6.07) is 8.03. The highest BCUT2D eigenvalue weighted by molar-refractivity contribution is 7.17. The summed E-state index contributed by atoms with van der Waals surface area (Å²) in [6.45, 7) is 2.89. The topological polar surface area (TPSA) is 38.2 Å². The number of rotatable bonds is 4. The molecule has 0 aromatic carbocycles. The molecule has 5 heteroatoms. The monoisotopic (exact) mass is 311 g/mol. The Kier molecular flexibility index (Phi) is 3.64. The van der Waals surface area contributed by atoms with Gasteiger partial charge in [-0.15, -0.1) is 11.3 Å². The molecule has 3 aromatic heterocycles. The Morgan fingerprint density at radius 3 is 3.00 bits per heavy atom. The Labute approximate surface area is 133 Å². The fourth-order valence-corrected chi connectivity index (χ4v) is 3.84. The maximum Gasteiger partial charge on any atom is 0.122 e. The van der Waals surface area contributed by atoms with Crippen molar-refractivity contribution in [2.75, 3.05) is 24.6 Å². The summed E-state index contributed by atoms with van der Waals surface area (Å²) in [5.41, 5.74) is 2.41. The first kappa shape index (κ1) is 13.5. The SMILES string of the molecule is c1cc(OCC2CCN(c3ccnc4ccsc34)C2)ccn1. The fourth-order valence-electron chi connectivity index (χ4n) is 2.94. The summed E-state index contributed by atoms with van der Waals surface area (Å²) in [7, 11) is 0. The molecule has 1 saturated heterocycles. The zero-order valence-electron chi connectivity index (χ0n) is 12.2. The summed E-state index contributed by atoms with van der Waals surface area (Å²) in [4.78, 5) is 10.9. The van der Waals surface area contributed by atoms with E-state index in [0.29, 0.717) is 5.92 Å². The first-order valence-electron chi connectivity index (χ1n) is 7.50. The van der Waals surface area contributed by atoms with Crippen molar-refractivity contribution in [3.05, 3.63) is 48.2 Å². The normalized spacial score (nSPS) is 18.0. The second-order valence-electron chi connectivity index (χ2n) is 5.56. The highest BCUT2D eigenvalue weighted by atomic mass is 32.1. The van der Waals surface area contributed by atoms with Gasteiger partial charge in [-0.3, -0.25) is 9.97 Å². The summed E-state index contributed by atoms with van der Waals surface area (Å²) >= 11 is 1.77. The minimum atomic E-state index is 0.566. The summed E-state index contributed by atoms with van der Waals surface area (Å²) in [5, 5.41) is 2.11.